The summed E-state index contributed by atoms with van der Waals surface area (Å²) in [7, 11) is 1.74. The molecule has 0 saturated heterocycles. The molecule has 0 aromatic carbocycles. The topological polar surface area (TPSA) is 117 Å². The zero-order chi connectivity index (χ0) is 10.3. The maximum absolute atomic E-state index is 10.6. The highest BCUT2D eigenvalue weighted by atomic mass is 16.5. The van der Waals surface area contributed by atoms with E-state index in [0.29, 0.717) is 12.2 Å². The molecule has 1 amide bonds. The van der Waals surface area contributed by atoms with E-state index in [9.17, 15) is 4.79 Å². The van der Waals surface area contributed by atoms with Gasteiger partial charge in [0.05, 0.1) is 0 Å². The normalized spacial score (nSPS) is 11.2. The molecule has 0 aliphatic carbocycles. The number of nitrogens with zero attached hydrogens (tertiary/aromatic N) is 1. The van der Waals surface area contributed by atoms with Gasteiger partial charge in [-0.3, -0.25) is 10.0 Å². The van der Waals surface area contributed by atoms with Crippen LogP contribution in [-0.2, 0) is 4.79 Å². The van der Waals surface area contributed by atoms with Crippen LogP contribution < -0.4 is 22.4 Å². The number of carbonyl (C=O) groups is 1. The van der Waals surface area contributed by atoms with Crippen LogP contribution in [0.2, 0.25) is 0 Å². The van der Waals surface area contributed by atoms with E-state index >= 15 is 0 Å². The van der Waals surface area contributed by atoms with E-state index in [2.05, 4.69) is 5.32 Å². The van der Waals surface area contributed by atoms with Crippen LogP contribution in [0, 0.1) is 0 Å². The minimum atomic E-state index is -0.601. The van der Waals surface area contributed by atoms with E-state index in [1.807, 2.05) is 0 Å². The maximum Gasteiger partial charge on any atom is 0.264 e. The Bertz CT molecular complexity index is 193. The highest BCUT2D eigenvalue weighted by Gasteiger charge is 2.02. The molecule has 13 heavy (non-hydrogen) atoms. The third-order valence-electron chi connectivity index (χ3n) is 1.16. The predicted molar refractivity (Wildman–Crippen MR) is 47.0 cm³/mol. The van der Waals surface area contributed by atoms with Crippen LogP contribution >= 0.6 is 0 Å². The van der Waals surface area contributed by atoms with E-state index in [4.69, 9.17) is 16.8 Å². The van der Waals surface area contributed by atoms with Gasteiger partial charge >= 0.3 is 0 Å². The summed E-state index contributed by atoms with van der Waals surface area (Å²) >= 11 is 0. The van der Waals surface area contributed by atoms with Crippen LogP contribution in [0.3, 0.4) is 0 Å². The molecule has 0 aliphatic rings. The van der Waals surface area contributed by atoms with E-state index in [0.717, 1.165) is 5.01 Å². The maximum atomic E-state index is 10.6. The highest BCUT2D eigenvalue weighted by molar-refractivity contribution is 5.76. The third-order valence-corrected chi connectivity index (χ3v) is 1.16. The number of nitrogens with one attached hydrogen (secondary N) is 2. The first kappa shape index (κ1) is 11.7. The molecule has 0 aromatic rings. The van der Waals surface area contributed by atoms with Crippen LogP contribution in [0.5, 0.6) is 0 Å². The molecule has 0 bridgehead atoms. The molecule has 0 saturated carbocycles. The van der Waals surface area contributed by atoms with Crippen LogP contribution in [0.15, 0.2) is 11.9 Å². The van der Waals surface area contributed by atoms with Crippen LogP contribution in [0.1, 0.15) is 0 Å². The molecular formula is C6H15N5O2. The SMILES string of the molecule is CNC/C(N)=C/N(N)CC(=O)NO. The standard InChI is InChI=1S/C6H15N5O2/c1-9-2-5(7)3-11(8)4-6(12)10-13/h3,9,13H,2,4,7-8H2,1H3,(H,10,12)/b5-3-. The van der Waals surface area contributed by atoms with Gasteiger partial charge in [-0.2, -0.15) is 0 Å². The molecule has 0 aromatic heterocycles. The summed E-state index contributed by atoms with van der Waals surface area (Å²) in [4.78, 5) is 10.6. The molecular weight excluding hydrogens is 174 g/mol. The van der Waals surface area contributed by atoms with E-state index in [1.54, 1.807) is 7.05 Å². The van der Waals surface area contributed by atoms with Crippen molar-refractivity contribution in [2.75, 3.05) is 20.1 Å². The Labute approximate surface area is 76.3 Å². The van der Waals surface area contributed by atoms with Gasteiger partial charge in [0.15, 0.2) is 0 Å². The van der Waals surface area contributed by atoms with Gasteiger partial charge in [0.25, 0.3) is 5.91 Å². The second-order valence-corrected chi connectivity index (χ2v) is 2.44. The fraction of sp³-hybridized carbons (Fsp3) is 0.500. The summed E-state index contributed by atoms with van der Waals surface area (Å²) in [5, 5.41) is 12.1. The number of likely N-dealkylation sites (N-methyl/N-ethyl adjacent to an activating group) is 1. The molecule has 0 unspecified atom stereocenters. The van der Waals surface area contributed by atoms with Crippen LogP contribution in [0.25, 0.3) is 0 Å². The lowest BCUT2D eigenvalue weighted by Crippen LogP contribution is -2.37. The van der Waals surface area contributed by atoms with Crippen LogP contribution in [-0.4, -0.2) is 36.3 Å². The monoisotopic (exact) mass is 189 g/mol. The van der Waals surface area contributed by atoms with Crippen LogP contribution in [0.4, 0.5) is 0 Å². The average Bonchev–Trinajstić information content (AvgIpc) is 2.04. The summed E-state index contributed by atoms with van der Waals surface area (Å²) in [6, 6.07) is 0. The second-order valence-electron chi connectivity index (χ2n) is 2.44. The number of amides is 1. The number of hydroxylamine groups is 1. The Balaban J connectivity index is 3.90. The lowest BCUT2D eigenvalue weighted by atomic mass is 10.4. The van der Waals surface area contributed by atoms with Gasteiger partial charge in [-0.25, -0.2) is 11.3 Å². The molecule has 0 heterocycles. The number of rotatable bonds is 5. The zero-order valence-corrected chi connectivity index (χ0v) is 7.45. The van der Waals surface area contributed by atoms with E-state index in [-0.39, 0.29) is 6.54 Å². The fourth-order valence-corrected chi connectivity index (χ4v) is 0.710. The largest absolute Gasteiger partial charge is 0.400 e. The van der Waals surface area contributed by atoms with Gasteiger partial charge < -0.3 is 16.1 Å². The molecule has 76 valence electrons. The van der Waals surface area contributed by atoms with Crippen molar-refractivity contribution in [1.29, 1.82) is 0 Å². The van der Waals surface area contributed by atoms with Gasteiger partial charge in [0, 0.05) is 18.4 Å². The van der Waals surface area contributed by atoms with Crippen molar-refractivity contribution in [3.63, 3.8) is 0 Å². The first-order chi connectivity index (χ1) is 6.10. The van der Waals surface area contributed by atoms with Gasteiger partial charge in [-0.05, 0) is 7.05 Å². The zero-order valence-electron chi connectivity index (χ0n) is 7.45. The summed E-state index contributed by atoms with van der Waals surface area (Å²) in [6.07, 6.45) is 1.41. The van der Waals surface area contributed by atoms with Gasteiger partial charge in [-0.15, -0.1) is 0 Å². The van der Waals surface area contributed by atoms with Crippen molar-refractivity contribution in [2.24, 2.45) is 11.6 Å². The molecule has 0 rings (SSSR count). The van der Waals surface area contributed by atoms with Gasteiger partial charge in [-0.1, -0.05) is 0 Å². The second kappa shape index (κ2) is 6.23. The molecule has 7 heteroatoms. The lowest BCUT2D eigenvalue weighted by Gasteiger charge is -2.13. The molecule has 0 spiro atoms. The van der Waals surface area contributed by atoms with Gasteiger partial charge in [0.1, 0.15) is 6.54 Å². The first-order valence-electron chi connectivity index (χ1n) is 3.65. The summed E-state index contributed by atoms with van der Waals surface area (Å²) in [6.45, 7) is 0.329. The number of hydrazine groups is 1. The molecule has 0 aliphatic heterocycles. The van der Waals surface area contributed by atoms with E-state index < -0.39 is 5.91 Å². The van der Waals surface area contributed by atoms with E-state index in [1.165, 1.54) is 11.7 Å². The van der Waals surface area contributed by atoms with Crippen molar-refractivity contribution in [1.82, 2.24) is 15.8 Å². The average molecular weight is 189 g/mol. The fourth-order valence-electron chi connectivity index (χ4n) is 0.710. The molecule has 0 atom stereocenters. The molecule has 0 radical (unpaired) electrons. The summed E-state index contributed by atoms with van der Waals surface area (Å²) < 4.78 is 0. The summed E-state index contributed by atoms with van der Waals surface area (Å²) in [5.41, 5.74) is 7.44. The third kappa shape index (κ3) is 5.91. The molecule has 7 N–H and O–H groups in total. The lowest BCUT2D eigenvalue weighted by molar-refractivity contribution is -0.129. The molecule has 0 fully saturated rings. The minimum absolute atomic E-state index is 0.152. The Hall–Kier alpha value is -1.31. The molecule has 7 nitrogen and oxygen atoms in total. The quantitative estimate of drug-likeness (QED) is 0.188. The first-order valence-corrected chi connectivity index (χ1v) is 3.65. The van der Waals surface area contributed by atoms with Crippen molar-refractivity contribution < 1.29 is 10.0 Å². The number of hydrogen-bond acceptors (Lipinski definition) is 6. The smallest absolute Gasteiger partial charge is 0.264 e. The van der Waals surface area contributed by atoms with Gasteiger partial charge in [0.2, 0.25) is 0 Å². The van der Waals surface area contributed by atoms with Crippen molar-refractivity contribution in [3.8, 4) is 0 Å². The Morgan fingerprint density at radius 3 is 2.77 bits per heavy atom. The number of carbonyl (C=O) groups excluding carboxylic acids is 1. The van der Waals surface area contributed by atoms with Crippen molar-refractivity contribution in [2.45, 2.75) is 0 Å². The van der Waals surface area contributed by atoms with Crippen molar-refractivity contribution >= 4 is 5.91 Å². The highest BCUT2D eigenvalue weighted by Crippen LogP contribution is 1.84. The Morgan fingerprint density at radius 1 is 1.69 bits per heavy atom. The Morgan fingerprint density at radius 2 is 2.31 bits per heavy atom. The number of nitrogens with two attached hydrogens (primary N) is 2. The summed E-state index contributed by atoms with van der Waals surface area (Å²) in [5.74, 6) is 4.76. The Kier molecular flexibility index (Phi) is 5.60. The number of hydrogen-bond donors (Lipinski definition) is 5. The minimum Gasteiger partial charge on any atom is -0.400 e. The predicted octanol–water partition coefficient (Wildman–Crippen LogP) is -2.31. The van der Waals surface area contributed by atoms with Crippen molar-refractivity contribution in [3.05, 3.63) is 11.9 Å².